The van der Waals surface area contributed by atoms with Crippen molar-refractivity contribution in [3.8, 4) is 0 Å². The summed E-state index contributed by atoms with van der Waals surface area (Å²) in [5, 5.41) is 2.35. The minimum Gasteiger partial charge on any atom is -0.379 e. The molecular weight excluding hydrogens is 406 g/mol. The fraction of sp³-hybridized carbons (Fsp3) is 0.562. The van der Waals surface area contributed by atoms with Crippen LogP contribution < -0.4 is 5.43 Å². The van der Waals surface area contributed by atoms with Gasteiger partial charge in [-0.15, -0.1) is 4.28 Å². The molecule has 3 amide bonds. The number of piperidine rings is 1. The number of morpholine rings is 1. The second-order valence-corrected chi connectivity index (χ2v) is 7.61. The first-order valence-corrected chi connectivity index (χ1v) is 10.5. The Bertz CT molecular complexity index is 776. The van der Waals surface area contributed by atoms with Crippen LogP contribution in [0, 0.1) is 0 Å². The first kappa shape index (κ1) is 21.4. The number of aromatic nitrogens is 1. The van der Waals surface area contributed by atoms with Crippen LogP contribution in [0.4, 0.5) is 4.79 Å². The van der Waals surface area contributed by atoms with Crippen molar-refractivity contribution in [3.63, 3.8) is 0 Å². The van der Waals surface area contributed by atoms with Crippen molar-refractivity contribution < 1.29 is 31.6 Å². The molecule has 1 aromatic rings. The van der Waals surface area contributed by atoms with Crippen molar-refractivity contribution in [2.24, 2.45) is 0 Å². The predicted octanol–water partition coefficient (Wildman–Crippen LogP) is -0.566. The van der Waals surface area contributed by atoms with E-state index in [0.29, 0.717) is 44.2 Å². The number of hydrogen-bond donors (Lipinski definition) is 2. The lowest BCUT2D eigenvalue weighted by molar-refractivity contribution is -0.133. The summed E-state index contributed by atoms with van der Waals surface area (Å²) >= 11 is 0. The molecular formula is C16H23N5O7S. The molecule has 3 saturated heterocycles. The number of hydrogen-bond acceptors (Lipinski definition) is 8. The van der Waals surface area contributed by atoms with E-state index in [1.54, 1.807) is 17.4 Å². The Morgan fingerprint density at radius 3 is 2.45 bits per heavy atom. The van der Waals surface area contributed by atoms with Crippen molar-refractivity contribution in [3.05, 3.63) is 30.6 Å². The van der Waals surface area contributed by atoms with Gasteiger partial charge in [0.15, 0.2) is 0 Å². The average Bonchev–Trinajstić information content (AvgIpc) is 2.94. The number of hydroxylamine groups is 2. The van der Waals surface area contributed by atoms with Crippen LogP contribution in [-0.4, -0.2) is 89.8 Å². The third-order valence-corrected chi connectivity index (χ3v) is 4.99. The third-order valence-electron chi connectivity index (χ3n) is 4.65. The molecule has 0 unspecified atom stereocenters. The summed E-state index contributed by atoms with van der Waals surface area (Å²) in [6, 6.07) is 3.77. The first-order valence-electron chi connectivity index (χ1n) is 9.10. The Kier molecular flexibility index (Phi) is 6.97. The fourth-order valence-electron chi connectivity index (χ4n) is 3.32. The van der Waals surface area contributed by atoms with E-state index in [1.165, 1.54) is 4.90 Å². The zero-order valence-electron chi connectivity index (χ0n) is 15.6. The van der Waals surface area contributed by atoms with Crippen molar-refractivity contribution in [1.82, 2.24) is 25.4 Å². The number of pyridine rings is 1. The molecule has 12 nitrogen and oxygen atoms in total. The van der Waals surface area contributed by atoms with E-state index >= 15 is 0 Å². The van der Waals surface area contributed by atoms with Crippen molar-refractivity contribution in [2.45, 2.75) is 24.9 Å². The molecule has 3 aliphatic rings. The molecule has 2 bridgehead atoms. The summed E-state index contributed by atoms with van der Waals surface area (Å²) in [7, 11) is -4.78. The van der Waals surface area contributed by atoms with Gasteiger partial charge in [-0.1, -0.05) is 6.07 Å². The SMILES string of the molecule is O=C(NN1CCOCC1)[C@@H]1CC[C@@H]2CN1C(=O)N2OS(=O)(=O)O.c1ccncc1. The lowest BCUT2D eigenvalue weighted by Crippen LogP contribution is -2.56. The number of hydrazine groups is 1. The van der Waals surface area contributed by atoms with Crippen molar-refractivity contribution >= 4 is 22.3 Å². The molecule has 3 fully saturated rings. The van der Waals surface area contributed by atoms with E-state index in [-0.39, 0.29) is 12.5 Å². The molecule has 3 aliphatic heterocycles. The molecule has 0 radical (unpaired) electrons. The van der Waals surface area contributed by atoms with E-state index < -0.39 is 28.5 Å². The Hall–Kier alpha value is -2.32. The van der Waals surface area contributed by atoms with Crippen LogP contribution in [0.5, 0.6) is 0 Å². The highest BCUT2D eigenvalue weighted by molar-refractivity contribution is 7.80. The minimum atomic E-state index is -4.78. The van der Waals surface area contributed by atoms with E-state index in [9.17, 15) is 18.0 Å². The highest BCUT2D eigenvalue weighted by Crippen LogP contribution is 2.30. The minimum absolute atomic E-state index is 0.176. The molecule has 13 heteroatoms. The van der Waals surface area contributed by atoms with Crippen LogP contribution >= 0.6 is 0 Å². The quantitative estimate of drug-likeness (QED) is 0.602. The molecule has 4 rings (SSSR count). The number of nitrogens with zero attached hydrogens (tertiary/aromatic N) is 4. The smallest absolute Gasteiger partial charge is 0.379 e. The van der Waals surface area contributed by atoms with Crippen molar-refractivity contribution in [1.29, 1.82) is 0 Å². The zero-order valence-corrected chi connectivity index (χ0v) is 16.4. The zero-order chi connectivity index (χ0) is 20.9. The summed E-state index contributed by atoms with van der Waals surface area (Å²) in [6.07, 6.45) is 4.29. The normalized spacial score (nSPS) is 24.7. The van der Waals surface area contributed by atoms with Crippen LogP contribution in [0.25, 0.3) is 0 Å². The third kappa shape index (κ3) is 5.83. The maximum Gasteiger partial charge on any atom is 0.418 e. The van der Waals surface area contributed by atoms with Crippen LogP contribution in [0.2, 0.25) is 0 Å². The number of rotatable bonds is 4. The summed E-state index contributed by atoms with van der Waals surface area (Å²) in [5.74, 6) is -0.326. The number of urea groups is 1. The van der Waals surface area contributed by atoms with Gasteiger partial charge in [0.05, 0.1) is 19.3 Å². The molecule has 2 atom stereocenters. The predicted molar refractivity (Wildman–Crippen MR) is 98.2 cm³/mol. The average molecular weight is 429 g/mol. The van der Waals surface area contributed by atoms with Gasteiger partial charge in [0.2, 0.25) is 0 Å². The molecule has 0 spiro atoms. The van der Waals surface area contributed by atoms with Gasteiger partial charge in [0, 0.05) is 32.0 Å². The van der Waals surface area contributed by atoms with Gasteiger partial charge in [-0.25, -0.2) is 9.80 Å². The highest BCUT2D eigenvalue weighted by Gasteiger charge is 2.49. The van der Waals surface area contributed by atoms with E-state index in [1.807, 2.05) is 18.2 Å². The molecule has 1 aromatic heterocycles. The molecule has 160 valence electrons. The maximum atomic E-state index is 12.4. The van der Waals surface area contributed by atoms with Crippen LogP contribution in [0.15, 0.2) is 30.6 Å². The molecule has 2 N–H and O–H groups in total. The standard InChI is InChI=1S/C11H18N4O7S.C5H5N/c16-10(12-13-3-5-21-6-4-13)9-2-1-8-7-14(9)11(17)15(8)22-23(18,19)20;1-2-4-6-5-3-1/h8-9H,1-7H2,(H,12,16)(H,18,19,20);1-5H/t8-,9+;/m1./s1. The van der Waals surface area contributed by atoms with Gasteiger partial charge in [-0.2, -0.15) is 13.5 Å². The van der Waals surface area contributed by atoms with Crippen LogP contribution in [0.3, 0.4) is 0 Å². The second kappa shape index (κ2) is 9.45. The van der Waals surface area contributed by atoms with Gasteiger partial charge in [0.25, 0.3) is 5.91 Å². The number of amides is 3. The molecule has 0 saturated carbocycles. The summed E-state index contributed by atoms with van der Waals surface area (Å²) < 4.78 is 39.9. The van der Waals surface area contributed by atoms with Gasteiger partial charge >= 0.3 is 16.4 Å². The summed E-state index contributed by atoms with van der Waals surface area (Å²) in [4.78, 5) is 29.6. The number of ether oxygens (including phenoxy) is 1. The number of nitrogens with one attached hydrogen (secondary N) is 1. The maximum absolute atomic E-state index is 12.4. The fourth-order valence-corrected chi connectivity index (χ4v) is 3.71. The van der Waals surface area contributed by atoms with Crippen LogP contribution in [0.1, 0.15) is 12.8 Å². The molecule has 0 aliphatic carbocycles. The summed E-state index contributed by atoms with van der Waals surface area (Å²) in [6.45, 7) is 2.34. The van der Waals surface area contributed by atoms with Crippen LogP contribution in [-0.2, 0) is 24.2 Å². The molecule has 29 heavy (non-hydrogen) atoms. The number of carbonyl (C=O) groups excluding carboxylic acids is 2. The number of fused-ring (bicyclic) bond motifs is 2. The first-order chi connectivity index (χ1) is 13.8. The lowest BCUT2D eigenvalue weighted by Gasteiger charge is -2.33. The van der Waals surface area contributed by atoms with E-state index in [0.717, 1.165) is 0 Å². The Morgan fingerprint density at radius 2 is 1.90 bits per heavy atom. The largest absolute Gasteiger partial charge is 0.418 e. The lowest BCUT2D eigenvalue weighted by atomic mass is 10.0. The van der Waals surface area contributed by atoms with Crippen molar-refractivity contribution in [2.75, 3.05) is 32.8 Å². The van der Waals surface area contributed by atoms with Gasteiger partial charge in [-0.3, -0.25) is 19.8 Å². The van der Waals surface area contributed by atoms with Gasteiger partial charge in [0.1, 0.15) is 6.04 Å². The highest BCUT2D eigenvalue weighted by atomic mass is 32.3. The Balaban J connectivity index is 0.000000343. The van der Waals surface area contributed by atoms with E-state index in [2.05, 4.69) is 14.7 Å². The Morgan fingerprint density at radius 1 is 1.21 bits per heavy atom. The summed E-state index contributed by atoms with van der Waals surface area (Å²) in [5.41, 5.74) is 2.75. The molecule has 0 aromatic carbocycles. The van der Waals surface area contributed by atoms with Gasteiger partial charge < -0.3 is 9.64 Å². The topological polar surface area (TPSA) is 142 Å². The Labute approximate surface area is 168 Å². The monoisotopic (exact) mass is 429 g/mol. The van der Waals surface area contributed by atoms with Gasteiger partial charge in [-0.05, 0) is 25.0 Å². The second-order valence-electron chi connectivity index (χ2n) is 6.61. The molecule has 4 heterocycles. The number of carbonyl (C=O) groups is 2. The van der Waals surface area contributed by atoms with E-state index in [4.69, 9.17) is 9.29 Å².